The number of ether oxygens (including phenoxy) is 1. The van der Waals surface area contributed by atoms with E-state index in [0.717, 1.165) is 16.7 Å². The summed E-state index contributed by atoms with van der Waals surface area (Å²) in [4.78, 5) is 16.2. The number of benzene rings is 3. The summed E-state index contributed by atoms with van der Waals surface area (Å²) in [5, 5.41) is 0. The molecule has 154 valence electrons. The van der Waals surface area contributed by atoms with Crippen molar-refractivity contribution in [3.05, 3.63) is 132 Å². The van der Waals surface area contributed by atoms with Gasteiger partial charge in [0, 0.05) is 12.3 Å². The topological polar surface area (TPSA) is 70.1 Å². The van der Waals surface area contributed by atoms with Crippen molar-refractivity contribution in [2.75, 3.05) is 7.11 Å². The van der Waals surface area contributed by atoms with Crippen LogP contribution in [0.3, 0.4) is 0 Å². The molecular weight excluding hydrogens is 386 g/mol. The average Bonchev–Trinajstić information content (AvgIpc) is 3.32. The minimum absolute atomic E-state index is 0.244. The number of esters is 1. The fourth-order valence-corrected chi connectivity index (χ4v) is 3.90. The zero-order chi connectivity index (χ0) is 21.7. The van der Waals surface area contributed by atoms with Crippen molar-refractivity contribution in [3.63, 3.8) is 0 Å². The van der Waals surface area contributed by atoms with E-state index in [1.54, 1.807) is 6.33 Å². The Morgan fingerprint density at radius 2 is 1.32 bits per heavy atom. The zero-order valence-corrected chi connectivity index (χ0v) is 17.2. The molecule has 0 bridgehead atoms. The number of nitrogens with zero attached hydrogens (tertiary/aromatic N) is 2. The molecule has 0 atom stereocenters. The predicted molar refractivity (Wildman–Crippen MR) is 121 cm³/mol. The monoisotopic (exact) mass is 409 g/mol. The number of imidazole rings is 1. The first kappa shape index (κ1) is 20.2. The maximum Gasteiger partial charge on any atom is 0.332 e. The van der Waals surface area contributed by atoms with E-state index in [1.165, 1.54) is 13.2 Å². The third-order valence-corrected chi connectivity index (χ3v) is 5.31. The SMILES string of the molecule is COC(=O)/C=C(\N)c1cn(C(c2ccccc2)(c2ccccc2)c2ccccc2)cn1. The van der Waals surface area contributed by atoms with Crippen molar-refractivity contribution in [3.8, 4) is 0 Å². The quantitative estimate of drug-likeness (QED) is 0.294. The Morgan fingerprint density at radius 1 is 0.871 bits per heavy atom. The van der Waals surface area contributed by atoms with E-state index < -0.39 is 11.5 Å². The third kappa shape index (κ3) is 3.73. The average molecular weight is 409 g/mol. The molecule has 2 N–H and O–H groups in total. The van der Waals surface area contributed by atoms with Crippen LogP contribution in [0.5, 0.6) is 0 Å². The Labute approximate surface area is 181 Å². The molecule has 1 heterocycles. The zero-order valence-electron chi connectivity index (χ0n) is 17.2. The first-order valence-electron chi connectivity index (χ1n) is 9.93. The van der Waals surface area contributed by atoms with Crippen LogP contribution < -0.4 is 5.73 Å². The second-order valence-electron chi connectivity index (χ2n) is 7.10. The van der Waals surface area contributed by atoms with E-state index in [0.29, 0.717) is 5.69 Å². The highest BCUT2D eigenvalue weighted by Gasteiger charge is 2.38. The van der Waals surface area contributed by atoms with Crippen LogP contribution in [-0.4, -0.2) is 22.6 Å². The van der Waals surface area contributed by atoms with Crippen LogP contribution in [0, 0.1) is 0 Å². The van der Waals surface area contributed by atoms with E-state index >= 15 is 0 Å². The molecule has 1 aromatic heterocycles. The molecule has 0 amide bonds. The molecular formula is C26H23N3O2. The summed E-state index contributed by atoms with van der Waals surface area (Å²) in [5.74, 6) is -0.521. The van der Waals surface area contributed by atoms with Crippen molar-refractivity contribution in [2.45, 2.75) is 5.54 Å². The van der Waals surface area contributed by atoms with E-state index in [1.807, 2.05) is 65.4 Å². The first-order valence-corrected chi connectivity index (χ1v) is 9.93. The Bertz CT molecular complexity index is 1090. The standard InChI is InChI=1S/C26H23N3O2/c1-31-25(30)17-23(27)24-18-29(19-28-24)26(20-11-5-2-6-12-20,21-13-7-3-8-14-21)22-15-9-4-10-16-22/h2-19H,27H2,1H3/b23-17-. The van der Waals surface area contributed by atoms with Gasteiger partial charge in [0.05, 0.1) is 19.1 Å². The minimum Gasteiger partial charge on any atom is -0.466 e. The molecule has 4 aromatic rings. The van der Waals surface area contributed by atoms with E-state index in [4.69, 9.17) is 10.5 Å². The molecule has 0 saturated heterocycles. The van der Waals surface area contributed by atoms with Gasteiger partial charge < -0.3 is 15.0 Å². The van der Waals surface area contributed by atoms with Gasteiger partial charge in [0.1, 0.15) is 11.2 Å². The van der Waals surface area contributed by atoms with Crippen LogP contribution in [-0.2, 0) is 15.1 Å². The molecule has 31 heavy (non-hydrogen) atoms. The smallest absolute Gasteiger partial charge is 0.332 e. The summed E-state index contributed by atoms with van der Waals surface area (Å²) in [6.45, 7) is 0. The lowest BCUT2D eigenvalue weighted by atomic mass is 9.77. The Morgan fingerprint density at radius 3 is 1.74 bits per heavy atom. The molecule has 0 fully saturated rings. The number of methoxy groups -OCH3 is 1. The Hall–Kier alpha value is -4.12. The van der Waals surface area contributed by atoms with Crippen molar-refractivity contribution in [1.82, 2.24) is 9.55 Å². The molecule has 0 radical (unpaired) electrons. The summed E-state index contributed by atoms with van der Waals surface area (Å²) >= 11 is 0. The molecule has 0 unspecified atom stereocenters. The number of rotatable bonds is 6. The summed E-state index contributed by atoms with van der Waals surface area (Å²) in [6.07, 6.45) is 4.85. The maximum absolute atomic E-state index is 11.7. The highest BCUT2D eigenvalue weighted by molar-refractivity contribution is 5.89. The van der Waals surface area contributed by atoms with Crippen molar-refractivity contribution < 1.29 is 9.53 Å². The second-order valence-corrected chi connectivity index (χ2v) is 7.10. The van der Waals surface area contributed by atoms with Crippen molar-refractivity contribution in [2.24, 2.45) is 5.73 Å². The van der Waals surface area contributed by atoms with Crippen molar-refractivity contribution >= 4 is 11.7 Å². The van der Waals surface area contributed by atoms with E-state index in [2.05, 4.69) is 41.4 Å². The van der Waals surface area contributed by atoms with Gasteiger partial charge in [-0.15, -0.1) is 0 Å². The number of hydrogen-bond acceptors (Lipinski definition) is 4. The molecule has 0 aliphatic heterocycles. The van der Waals surface area contributed by atoms with E-state index in [9.17, 15) is 4.79 Å². The van der Waals surface area contributed by atoms with Crippen LogP contribution in [0.2, 0.25) is 0 Å². The summed E-state index contributed by atoms with van der Waals surface area (Å²) in [7, 11) is 1.32. The normalized spacial score (nSPS) is 11.8. The summed E-state index contributed by atoms with van der Waals surface area (Å²) in [5.41, 5.74) is 9.42. The highest BCUT2D eigenvalue weighted by atomic mass is 16.5. The van der Waals surface area contributed by atoms with Gasteiger partial charge in [0.2, 0.25) is 0 Å². The van der Waals surface area contributed by atoms with Gasteiger partial charge in [-0.05, 0) is 16.7 Å². The number of hydrogen-bond donors (Lipinski definition) is 1. The Balaban J connectivity index is 2.00. The Kier molecular flexibility index (Phi) is 5.67. The summed E-state index contributed by atoms with van der Waals surface area (Å²) in [6, 6.07) is 30.8. The largest absolute Gasteiger partial charge is 0.466 e. The number of carbonyl (C=O) groups excluding carboxylic acids is 1. The molecule has 0 aliphatic carbocycles. The highest BCUT2D eigenvalue weighted by Crippen LogP contribution is 2.40. The van der Waals surface area contributed by atoms with Gasteiger partial charge in [-0.1, -0.05) is 91.0 Å². The van der Waals surface area contributed by atoms with Crippen LogP contribution in [0.25, 0.3) is 5.70 Å². The first-order chi connectivity index (χ1) is 15.2. The fraction of sp³-hybridized carbons (Fsp3) is 0.0769. The fourth-order valence-electron chi connectivity index (χ4n) is 3.90. The lowest BCUT2D eigenvalue weighted by Gasteiger charge is -2.37. The van der Waals surface area contributed by atoms with Crippen LogP contribution >= 0.6 is 0 Å². The number of carbonyl (C=O) groups is 1. The van der Waals surface area contributed by atoms with Crippen LogP contribution in [0.1, 0.15) is 22.4 Å². The molecule has 3 aromatic carbocycles. The second kappa shape index (κ2) is 8.71. The van der Waals surface area contributed by atoms with Gasteiger partial charge in [-0.3, -0.25) is 0 Å². The molecule has 4 rings (SSSR count). The van der Waals surface area contributed by atoms with Crippen LogP contribution in [0.15, 0.2) is 110 Å². The molecule has 5 nitrogen and oxygen atoms in total. The third-order valence-electron chi connectivity index (χ3n) is 5.31. The minimum atomic E-state index is -0.680. The van der Waals surface area contributed by atoms with Gasteiger partial charge in [0.25, 0.3) is 0 Å². The molecule has 0 aliphatic rings. The van der Waals surface area contributed by atoms with E-state index in [-0.39, 0.29) is 5.70 Å². The number of nitrogens with two attached hydrogens (primary N) is 1. The van der Waals surface area contributed by atoms with Gasteiger partial charge >= 0.3 is 5.97 Å². The lowest BCUT2D eigenvalue weighted by Crippen LogP contribution is -2.36. The predicted octanol–water partition coefficient (Wildman–Crippen LogP) is 4.20. The summed E-state index contributed by atoms with van der Waals surface area (Å²) < 4.78 is 6.74. The lowest BCUT2D eigenvalue weighted by molar-refractivity contribution is -0.134. The van der Waals surface area contributed by atoms with Crippen LogP contribution in [0.4, 0.5) is 0 Å². The van der Waals surface area contributed by atoms with Gasteiger partial charge in [-0.2, -0.15) is 0 Å². The maximum atomic E-state index is 11.7. The van der Waals surface area contributed by atoms with Gasteiger partial charge in [0.15, 0.2) is 0 Å². The van der Waals surface area contributed by atoms with Crippen molar-refractivity contribution in [1.29, 1.82) is 0 Å². The molecule has 5 heteroatoms. The molecule has 0 spiro atoms. The molecule has 0 saturated carbocycles. The number of aromatic nitrogens is 2. The van der Waals surface area contributed by atoms with Gasteiger partial charge in [-0.25, -0.2) is 9.78 Å².